The number of carbonyl (C=O) groups is 2. The average Bonchev–Trinajstić information content (AvgIpc) is 3.65. The van der Waals surface area contributed by atoms with E-state index in [1.807, 2.05) is 24.3 Å². The van der Waals surface area contributed by atoms with E-state index in [4.69, 9.17) is 4.74 Å². The Morgan fingerprint density at radius 2 is 1.89 bits per heavy atom. The first-order valence-corrected chi connectivity index (χ1v) is 11.6. The van der Waals surface area contributed by atoms with Crippen molar-refractivity contribution < 1.29 is 14.3 Å². The number of benzene rings is 1. The zero-order chi connectivity index (χ0) is 24.8. The Morgan fingerprint density at radius 1 is 1.06 bits per heavy atom. The van der Waals surface area contributed by atoms with Crippen LogP contribution in [0.4, 0.5) is 0 Å². The van der Waals surface area contributed by atoms with Crippen molar-refractivity contribution in [3.63, 3.8) is 0 Å². The predicted octanol–water partition coefficient (Wildman–Crippen LogP) is 3.15. The first-order chi connectivity index (χ1) is 17.5. The molecule has 36 heavy (non-hydrogen) atoms. The summed E-state index contributed by atoms with van der Waals surface area (Å²) in [6, 6.07) is 14.2. The molecule has 1 N–H and O–H groups in total. The van der Waals surface area contributed by atoms with Gasteiger partial charge in [0.1, 0.15) is 17.9 Å². The third kappa shape index (κ3) is 3.46. The van der Waals surface area contributed by atoms with Crippen molar-refractivity contribution in [1.82, 2.24) is 34.2 Å². The summed E-state index contributed by atoms with van der Waals surface area (Å²) in [6.45, 7) is 3.19. The van der Waals surface area contributed by atoms with Crippen LogP contribution in [0.2, 0.25) is 0 Å². The number of fused-ring (bicyclic) bond motifs is 2. The zero-order valence-electron chi connectivity index (χ0n) is 19.8. The number of pyridine rings is 1. The number of nitrogens with one attached hydrogen (secondary N) is 1. The molecule has 10 heteroatoms. The van der Waals surface area contributed by atoms with Gasteiger partial charge < -0.3 is 19.2 Å². The van der Waals surface area contributed by atoms with Gasteiger partial charge in [0.25, 0.3) is 11.7 Å². The van der Waals surface area contributed by atoms with Crippen molar-refractivity contribution in [3.8, 4) is 22.8 Å². The van der Waals surface area contributed by atoms with E-state index in [0.29, 0.717) is 47.9 Å². The van der Waals surface area contributed by atoms with E-state index in [2.05, 4.69) is 42.8 Å². The van der Waals surface area contributed by atoms with E-state index in [9.17, 15) is 9.59 Å². The molecule has 0 atom stereocenters. The fourth-order valence-electron chi connectivity index (χ4n) is 4.76. The van der Waals surface area contributed by atoms with Gasteiger partial charge in [0.15, 0.2) is 5.82 Å². The zero-order valence-corrected chi connectivity index (χ0v) is 19.8. The maximum absolute atomic E-state index is 13.4. The minimum atomic E-state index is -0.602. The third-order valence-electron chi connectivity index (χ3n) is 6.51. The van der Waals surface area contributed by atoms with E-state index in [-0.39, 0.29) is 5.56 Å². The van der Waals surface area contributed by atoms with Gasteiger partial charge in [-0.05, 0) is 24.6 Å². The van der Waals surface area contributed by atoms with E-state index >= 15 is 0 Å². The molecule has 180 valence electrons. The summed E-state index contributed by atoms with van der Waals surface area (Å²) in [6.07, 6.45) is 4.59. The van der Waals surface area contributed by atoms with Gasteiger partial charge in [-0.3, -0.25) is 9.59 Å². The lowest BCUT2D eigenvalue weighted by Gasteiger charge is -2.29. The second-order valence-electron chi connectivity index (χ2n) is 8.62. The topological polar surface area (TPSA) is 111 Å². The molecule has 0 saturated carbocycles. The Balaban J connectivity index is 1.31. The summed E-state index contributed by atoms with van der Waals surface area (Å²) < 4.78 is 9.21. The number of aryl methyl sites for hydroxylation is 1. The van der Waals surface area contributed by atoms with Crippen LogP contribution in [0.1, 0.15) is 21.9 Å². The maximum atomic E-state index is 13.4. The summed E-state index contributed by atoms with van der Waals surface area (Å²) >= 11 is 0. The molecule has 5 aromatic rings. The first kappa shape index (κ1) is 21.8. The number of hydrogen-bond donors (Lipinski definition) is 1. The molecule has 4 aromatic heterocycles. The highest BCUT2D eigenvalue weighted by Gasteiger charge is 2.30. The molecule has 1 aliphatic heterocycles. The van der Waals surface area contributed by atoms with E-state index in [1.165, 1.54) is 24.2 Å². The summed E-state index contributed by atoms with van der Waals surface area (Å²) in [4.78, 5) is 40.1. The fraction of sp³-hybridized carbons (Fsp3) is 0.192. The van der Waals surface area contributed by atoms with Crippen LogP contribution in [0, 0.1) is 6.92 Å². The van der Waals surface area contributed by atoms with Crippen molar-refractivity contribution in [2.45, 2.75) is 20.0 Å². The molecule has 0 aliphatic carbocycles. The number of nitrogens with zero attached hydrogens (tertiary/aromatic N) is 6. The molecule has 1 aromatic carbocycles. The molecule has 6 rings (SSSR count). The SMILES string of the molecule is COc1cnc(-n2cnc(C)n2)c2[nH]cc(C(=O)C(=O)N3CCn4c(ccc4-c4ccccc4)C3)c12. The van der Waals surface area contributed by atoms with Crippen LogP contribution in [0.15, 0.2) is 61.2 Å². The summed E-state index contributed by atoms with van der Waals surface area (Å²) in [5.74, 6) is 0.283. The second kappa shape index (κ2) is 8.49. The normalized spacial score (nSPS) is 13.1. The highest BCUT2D eigenvalue weighted by molar-refractivity contribution is 6.45. The van der Waals surface area contributed by atoms with Crippen molar-refractivity contribution >= 4 is 22.6 Å². The highest BCUT2D eigenvalue weighted by atomic mass is 16.5. The smallest absolute Gasteiger partial charge is 0.295 e. The largest absolute Gasteiger partial charge is 0.494 e. The number of hydrogen-bond acceptors (Lipinski definition) is 6. The third-order valence-corrected chi connectivity index (χ3v) is 6.51. The van der Waals surface area contributed by atoms with Crippen molar-refractivity contribution in [3.05, 3.63) is 78.3 Å². The Labute approximate surface area is 206 Å². The number of methoxy groups -OCH3 is 1. The molecule has 1 amide bonds. The number of Topliss-reactive ketones (excluding diaryl/α,β-unsaturated/α-hetero) is 1. The minimum Gasteiger partial charge on any atom is -0.494 e. The number of aromatic amines is 1. The quantitative estimate of drug-likeness (QED) is 0.305. The van der Waals surface area contributed by atoms with Gasteiger partial charge in [-0.1, -0.05) is 30.3 Å². The van der Waals surface area contributed by atoms with Gasteiger partial charge in [-0.25, -0.2) is 14.6 Å². The Hall–Kier alpha value is -4.73. The van der Waals surface area contributed by atoms with Crippen molar-refractivity contribution in [1.29, 1.82) is 0 Å². The molecule has 10 nitrogen and oxygen atoms in total. The number of aromatic nitrogens is 6. The molecule has 1 aliphatic rings. The van der Waals surface area contributed by atoms with Crippen LogP contribution in [-0.4, -0.2) is 59.5 Å². The molecule has 0 radical (unpaired) electrons. The molecule has 0 saturated heterocycles. The standard InChI is InChI=1S/C26H23N7O3/c1-16-29-15-33(30-16)25-23-22(21(36-2)13-28-25)19(12-27-23)24(34)26(35)31-10-11-32-18(14-31)8-9-20(32)17-6-4-3-5-7-17/h3-9,12-13,15,27H,10-11,14H2,1-2H3. The summed E-state index contributed by atoms with van der Waals surface area (Å²) in [7, 11) is 1.50. The molecular weight excluding hydrogens is 458 g/mol. The molecule has 0 fully saturated rings. The Kier molecular flexibility index (Phi) is 5.14. The molecule has 0 unspecified atom stereocenters. The van der Waals surface area contributed by atoms with Crippen LogP contribution in [0.5, 0.6) is 5.75 Å². The summed E-state index contributed by atoms with van der Waals surface area (Å²) in [5.41, 5.74) is 3.99. The average molecular weight is 482 g/mol. The lowest BCUT2D eigenvalue weighted by molar-refractivity contribution is -0.127. The molecule has 5 heterocycles. The number of ketones is 1. The van der Waals surface area contributed by atoms with Gasteiger partial charge in [0, 0.05) is 30.7 Å². The molecular formula is C26H23N7O3. The monoisotopic (exact) mass is 481 g/mol. The fourth-order valence-corrected chi connectivity index (χ4v) is 4.76. The Bertz CT molecular complexity index is 1610. The first-order valence-electron chi connectivity index (χ1n) is 11.6. The van der Waals surface area contributed by atoms with Crippen LogP contribution in [0.25, 0.3) is 28.0 Å². The number of rotatable bonds is 5. The van der Waals surface area contributed by atoms with E-state index < -0.39 is 11.7 Å². The highest BCUT2D eigenvalue weighted by Crippen LogP contribution is 2.32. The van der Waals surface area contributed by atoms with Crippen LogP contribution >= 0.6 is 0 Å². The van der Waals surface area contributed by atoms with Crippen LogP contribution in [0.3, 0.4) is 0 Å². The van der Waals surface area contributed by atoms with Gasteiger partial charge in [-0.15, -0.1) is 0 Å². The lowest BCUT2D eigenvalue weighted by atomic mass is 10.1. The lowest BCUT2D eigenvalue weighted by Crippen LogP contribution is -2.41. The van der Waals surface area contributed by atoms with Gasteiger partial charge in [0.2, 0.25) is 0 Å². The van der Waals surface area contributed by atoms with E-state index in [1.54, 1.807) is 18.2 Å². The number of carbonyl (C=O) groups excluding carboxylic acids is 2. The van der Waals surface area contributed by atoms with Crippen LogP contribution < -0.4 is 4.74 Å². The second-order valence-corrected chi connectivity index (χ2v) is 8.62. The molecule has 0 bridgehead atoms. The van der Waals surface area contributed by atoms with E-state index in [0.717, 1.165) is 17.0 Å². The molecule has 0 spiro atoms. The van der Waals surface area contributed by atoms with Gasteiger partial charge >= 0.3 is 0 Å². The Morgan fingerprint density at radius 3 is 2.64 bits per heavy atom. The maximum Gasteiger partial charge on any atom is 0.295 e. The van der Waals surface area contributed by atoms with Crippen molar-refractivity contribution in [2.75, 3.05) is 13.7 Å². The minimum absolute atomic E-state index is 0.235. The van der Waals surface area contributed by atoms with Gasteiger partial charge in [0.05, 0.1) is 36.3 Å². The summed E-state index contributed by atoms with van der Waals surface area (Å²) in [5, 5.41) is 4.80. The number of H-pyrrole nitrogens is 1. The number of amides is 1. The number of ether oxygens (including phenoxy) is 1. The predicted molar refractivity (Wildman–Crippen MR) is 132 cm³/mol. The van der Waals surface area contributed by atoms with Crippen molar-refractivity contribution in [2.24, 2.45) is 0 Å². The van der Waals surface area contributed by atoms with Gasteiger partial charge in [-0.2, -0.15) is 5.10 Å². The van der Waals surface area contributed by atoms with Crippen LogP contribution in [-0.2, 0) is 17.9 Å².